The van der Waals surface area contributed by atoms with Gasteiger partial charge in [0.2, 0.25) is 0 Å². The molecule has 2 amide bonds. The number of ether oxygens (including phenoxy) is 2. The zero-order valence-electron chi connectivity index (χ0n) is 19.2. The highest BCUT2D eigenvalue weighted by molar-refractivity contribution is 5.92. The van der Waals surface area contributed by atoms with Gasteiger partial charge in [-0.05, 0) is 40.7 Å². The van der Waals surface area contributed by atoms with Gasteiger partial charge in [-0.2, -0.15) is 13.2 Å². The quantitative estimate of drug-likeness (QED) is 0.578. The summed E-state index contributed by atoms with van der Waals surface area (Å²) in [5, 5.41) is 15.4. The fourth-order valence-corrected chi connectivity index (χ4v) is 4.09. The van der Waals surface area contributed by atoms with Gasteiger partial charge in [0, 0.05) is 12.7 Å². The molecule has 0 heterocycles. The van der Waals surface area contributed by atoms with Crippen LogP contribution in [0, 0.1) is 0 Å². The van der Waals surface area contributed by atoms with E-state index in [0.29, 0.717) is 12.0 Å². The number of carbonyl (C=O) groups is 1. The van der Waals surface area contributed by atoms with Gasteiger partial charge in [0.15, 0.2) is 6.10 Å². The Bertz CT molecular complexity index is 1020. The topological polar surface area (TPSA) is 79.8 Å². The predicted octanol–water partition coefficient (Wildman–Crippen LogP) is 5.02. The van der Waals surface area contributed by atoms with Crippen LogP contribution in [0.3, 0.4) is 0 Å². The van der Waals surface area contributed by atoms with Crippen LogP contribution >= 0.6 is 0 Å². The van der Waals surface area contributed by atoms with E-state index in [0.717, 1.165) is 11.1 Å². The van der Waals surface area contributed by atoms with E-state index < -0.39 is 29.3 Å². The summed E-state index contributed by atoms with van der Waals surface area (Å²) in [6.45, 7) is 5.46. The molecule has 3 rings (SSSR count). The smallest absolute Gasteiger partial charge is 0.418 e. The van der Waals surface area contributed by atoms with Crippen molar-refractivity contribution in [2.45, 2.75) is 57.0 Å². The highest BCUT2D eigenvalue weighted by Crippen LogP contribution is 2.43. The lowest BCUT2D eigenvalue weighted by Crippen LogP contribution is -2.41. The van der Waals surface area contributed by atoms with E-state index in [1.165, 1.54) is 13.2 Å². The van der Waals surface area contributed by atoms with E-state index in [2.05, 4.69) is 10.6 Å². The normalized spacial score (nSPS) is 19.1. The molecule has 0 bridgehead atoms. The van der Waals surface area contributed by atoms with Gasteiger partial charge in [-0.25, -0.2) is 4.79 Å². The molecule has 0 radical (unpaired) electrons. The monoisotopic (exact) mass is 466 g/mol. The molecule has 6 nitrogen and oxygen atoms in total. The third kappa shape index (κ3) is 5.25. The maximum Gasteiger partial charge on any atom is 0.418 e. The van der Waals surface area contributed by atoms with Crippen LogP contribution in [-0.2, 0) is 16.6 Å². The van der Waals surface area contributed by atoms with Crippen LogP contribution in [0.2, 0.25) is 0 Å². The number of amides is 2. The van der Waals surface area contributed by atoms with E-state index in [1.54, 1.807) is 13.2 Å². The number of halogens is 3. The number of anilines is 1. The summed E-state index contributed by atoms with van der Waals surface area (Å²) in [7, 11) is 2.75. The number of aliphatic hydroxyl groups excluding tert-OH is 1. The number of urea groups is 1. The number of fused-ring (bicyclic) bond motifs is 1. The number of alkyl halides is 3. The Morgan fingerprint density at radius 3 is 2.39 bits per heavy atom. The van der Waals surface area contributed by atoms with Crippen molar-refractivity contribution >= 4 is 11.7 Å². The Hall–Kier alpha value is -2.78. The molecule has 33 heavy (non-hydrogen) atoms. The second-order valence-corrected chi connectivity index (χ2v) is 9.10. The third-order valence-electron chi connectivity index (χ3n) is 5.78. The summed E-state index contributed by atoms with van der Waals surface area (Å²) in [5.74, 6) is -0.249. The lowest BCUT2D eigenvalue weighted by molar-refractivity contribution is -0.207. The second kappa shape index (κ2) is 9.23. The number of methoxy groups -OCH3 is 2. The molecule has 2 aromatic rings. The van der Waals surface area contributed by atoms with Crippen molar-refractivity contribution in [1.82, 2.24) is 5.32 Å². The molecule has 3 atom stereocenters. The molecule has 0 saturated heterocycles. The summed E-state index contributed by atoms with van der Waals surface area (Å²) in [4.78, 5) is 12.9. The van der Waals surface area contributed by atoms with Crippen LogP contribution in [0.1, 0.15) is 55.2 Å². The fourth-order valence-electron chi connectivity index (χ4n) is 4.09. The zero-order valence-corrected chi connectivity index (χ0v) is 19.2. The number of nitrogens with one attached hydrogen (secondary N) is 2. The minimum absolute atomic E-state index is 0.0326. The standard InChI is InChI=1S/C24H29F3N2O4/c1-23(2,3)14-11-16(21(30)24(25,26)27)20(33-5)18(12-14)29-22(31)28-17-10-13-8-6-7-9-15(13)19(17)32-4/h6-9,11-12,17,19,21,30H,10H2,1-5H3,(H2,28,29,31)/t17-,19+,21+/m0/s1. The van der Waals surface area contributed by atoms with Crippen molar-refractivity contribution in [3.05, 3.63) is 58.7 Å². The Balaban J connectivity index is 1.91. The van der Waals surface area contributed by atoms with E-state index in [1.807, 2.05) is 45.0 Å². The average Bonchev–Trinajstić information content (AvgIpc) is 3.07. The van der Waals surface area contributed by atoms with Gasteiger partial charge in [-0.15, -0.1) is 0 Å². The molecule has 1 aliphatic rings. The van der Waals surface area contributed by atoms with Crippen molar-refractivity contribution in [3.63, 3.8) is 0 Å². The largest absolute Gasteiger partial charge is 0.494 e. The van der Waals surface area contributed by atoms with Gasteiger partial charge in [0.25, 0.3) is 0 Å². The molecule has 0 unspecified atom stereocenters. The summed E-state index contributed by atoms with van der Waals surface area (Å²) in [6, 6.07) is 9.53. The molecule has 9 heteroatoms. The van der Waals surface area contributed by atoms with Crippen molar-refractivity contribution in [2.75, 3.05) is 19.5 Å². The second-order valence-electron chi connectivity index (χ2n) is 9.10. The third-order valence-corrected chi connectivity index (χ3v) is 5.78. The first-order chi connectivity index (χ1) is 15.4. The van der Waals surface area contributed by atoms with Crippen LogP contribution in [0.4, 0.5) is 23.7 Å². The van der Waals surface area contributed by atoms with Crippen LogP contribution < -0.4 is 15.4 Å². The Labute approximate surface area is 191 Å². The van der Waals surface area contributed by atoms with Gasteiger partial charge in [0.1, 0.15) is 11.9 Å². The zero-order chi connectivity index (χ0) is 24.6. The first-order valence-electron chi connectivity index (χ1n) is 10.5. The molecule has 180 valence electrons. The minimum atomic E-state index is -4.90. The van der Waals surface area contributed by atoms with Gasteiger partial charge in [-0.1, -0.05) is 45.0 Å². The molecule has 2 aromatic carbocycles. The molecule has 0 aromatic heterocycles. The predicted molar refractivity (Wildman–Crippen MR) is 119 cm³/mol. The minimum Gasteiger partial charge on any atom is -0.494 e. The molecular weight excluding hydrogens is 437 g/mol. The molecule has 0 saturated carbocycles. The maximum atomic E-state index is 13.3. The van der Waals surface area contributed by atoms with Crippen molar-refractivity contribution < 1.29 is 32.5 Å². The number of benzene rings is 2. The van der Waals surface area contributed by atoms with Crippen LogP contribution in [0.15, 0.2) is 36.4 Å². The fraction of sp³-hybridized carbons (Fsp3) is 0.458. The lowest BCUT2D eigenvalue weighted by atomic mass is 9.84. The van der Waals surface area contributed by atoms with Gasteiger partial charge >= 0.3 is 12.2 Å². The maximum absolute atomic E-state index is 13.3. The van der Waals surface area contributed by atoms with E-state index in [-0.39, 0.29) is 23.6 Å². The molecule has 3 N–H and O–H groups in total. The van der Waals surface area contributed by atoms with E-state index in [9.17, 15) is 23.1 Å². The first kappa shape index (κ1) is 24.9. The van der Waals surface area contributed by atoms with Crippen LogP contribution in [0.5, 0.6) is 5.75 Å². The van der Waals surface area contributed by atoms with Crippen molar-refractivity contribution in [2.24, 2.45) is 0 Å². The van der Waals surface area contributed by atoms with Crippen molar-refractivity contribution in [1.29, 1.82) is 0 Å². The number of hydrogen-bond acceptors (Lipinski definition) is 4. The molecule has 0 aliphatic heterocycles. The molecule has 1 aliphatic carbocycles. The Morgan fingerprint density at radius 2 is 1.82 bits per heavy atom. The summed E-state index contributed by atoms with van der Waals surface area (Å²) < 4.78 is 50.8. The first-order valence-corrected chi connectivity index (χ1v) is 10.5. The van der Waals surface area contributed by atoms with E-state index in [4.69, 9.17) is 9.47 Å². The Kier molecular flexibility index (Phi) is 6.95. The van der Waals surface area contributed by atoms with Crippen molar-refractivity contribution in [3.8, 4) is 5.75 Å². The summed E-state index contributed by atoms with van der Waals surface area (Å²) in [5.41, 5.74) is 1.56. The summed E-state index contributed by atoms with van der Waals surface area (Å²) in [6.07, 6.45) is -7.46. The molecular formula is C24H29F3N2O4. The summed E-state index contributed by atoms with van der Waals surface area (Å²) >= 11 is 0. The number of carbonyl (C=O) groups excluding carboxylic acids is 1. The average molecular weight is 467 g/mol. The van der Waals surface area contributed by atoms with Crippen LogP contribution in [-0.4, -0.2) is 37.6 Å². The van der Waals surface area contributed by atoms with E-state index >= 15 is 0 Å². The van der Waals surface area contributed by atoms with Crippen LogP contribution in [0.25, 0.3) is 0 Å². The number of aliphatic hydroxyl groups is 1. The SMILES string of the molecule is COc1c(NC(=O)N[C@H]2Cc3ccccc3[C@H]2OC)cc(C(C)(C)C)cc1[C@@H](O)C(F)(F)F. The molecule has 0 fully saturated rings. The Morgan fingerprint density at radius 1 is 1.15 bits per heavy atom. The number of hydrogen-bond donors (Lipinski definition) is 3. The number of rotatable bonds is 5. The van der Waals surface area contributed by atoms with Gasteiger partial charge in [0.05, 0.1) is 18.8 Å². The molecule has 0 spiro atoms. The lowest BCUT2D eigenvalue weighted by Gasteiger charge is -2.26. The highest BCUT2D eigenvalue weighted by Gasteiger charge is 2.42. The highest BCUT2D eigenvalue weighted by atomic mass is 19.4. The van der Waals surface area contributed by atoms with Gasteiger partial charge < -0.3 is 25.2 Å². The van der Waals surface area contributed by atoms with Gasteiger partial charge in [-0.3, -0.25) is 0 Å².